The fourth-order valence-corrected chi connectivity index (χ4v) is 0.339. The van der Waals surface area contributed by atoms with Gasteiger partial charge in [-0.1, -0.05) is 0 Å². The Morgan fingerprint density at radius 2 is 2.56 bits per heavy atom. The Morgan fingerprint density at radius 3 is 3.00 bits per heavy atom. The second-order valence-corrected chi connectivity index (χ2v) is 1.28. The van der Waals surface area contributed by atoms with Crippen molar-refractivity contribution in [3.8, 4) is 6.07 Å². The topological polar surface area (TPSA) is 82.4 Å². The summed E-state index contributed by atoms with van der Waals surface area (Å²) in [5.41, 5.74) is -0.441. The van der Waals surface area contributed by atoms with Crippen LogP contribution < -0.4 is 5.69 Å². The average molecular weight is 122 g/mol. The van der Waals surface area contributed by atoms with E-state index < -0.39 is 5.69 Å². The van der Waals surface area contributed by atoms with E-state index in [9.17, 15) is 4.79 Å². The number of nitriles is 1. The lowest BCUT2D eigenvalue weighted by Gasteiger charge is -1.79. The van der Waals surface area contributed by atoms with E-state index in [4.69, 9.17) is 5.26 Å². The van der Waals surface area contributed by atoms with E-state index in [2.05, 4.69) is 10.1 Å². The van der Waals surface area contributed by atoms with Gasteiger partial charge in [0.25, 0.3) is 0 Å². The molecule has 1 aromatic heterocycles. The van der Waals surface area contributed by atoms with Crippen molar-refractivity contribution in [2.75, 3.05) is 0 Å². The fraction of sp³-hybridized carbons (Fsp3) is 0. The summed E-state index contributed by atoms with van der Waals surface area (Å²) in [6, 6.07) is 1.71. The molecule has 0 bridgehead atoms. The Morgan fingerprint density at radius 1 is 1.78 bits per heavy atom. The van der Waals surface area contributed by atoms with Crippen molar-refractivity contribution in [1.29, 1.82) is 5.26 Å². The van der Waals surface area contributed by atoms with Crippen LogP contribution in [0.4, 0.5) is 0 Å². The van der Waals surface area contributed by atoms with Crippen molar-refractivity contribution in [3.63, 3.8) is 0 Å². The number of hydrogen-bond donors (Lipinski definition) is 1. The summed E-state index contributed by atoms with van der Waals surface area (Å²) >= 11 is 0. The zero-order chi connectivity index (χ0) is 6.69. The van der Waals surface area contributed by atoms with Gasteiger partial charge in [-0.05, 0) is 0 Å². The normalized spacial score (nSPS) is 8.33. The van der Waals surface area contributed by atoms with Crippen molar-refractivity contribution in [1.82, 2.24) is 15.2 Å². The van der Waals surface area contributed by atoms with Crippen LogP contribution in [-0.4, -0.2) is 15.2 Å². The highest BCUT2D eigenvalue weighted by Crippen LogP contribution is 1.76. The van der Waals surface area contributed by atoms with Crippen LogP contribution in [-0.2, 0) is 0 Å². The Bertz CT molecular complexity index is 276. The first-order valence-corrected chi connectivity index (χ1v) is 2.15. The summed E-state index contributed by atoms with van der Waals surface area (Å²) < 4.78 is 0. The third-order valence-electron chi connectivity index (χ3n) is 0.691. The number of hydrogen-bond acceptors (Lipinski definition) is 4. The van der Waals surface area contributed by atoms with Crippen LogP contribution in [0.25, 0.3) is 0 Å². The minimum atomic E-state index is -0.547. The summed E-state index contributed by atoms with van der Waals surface area (Å²) in [5.74, 6) is 0. The van der Waals surface area contributed by atoms with Gasteiger partial charge in [-0.3, -0.25) is 0 Å². The number of aromatic nitrogens is 3. The monoisotopic (exact) mass is 122 g/mol. The van der Waals surface area contributed by atoms with E-state index in [1.54, 1.807) is 6.07 Å². The van der Waals surface area contributed by atoms with E-state index >= 15 is 0 Å². The third kappa shape index (κ3) is 1.10. The highest BCUT2D eigenvalue weighted by Gasteiger charge is 1.87. The average Bonchev–Trinajstić information content (AvgIpc) is 1.90. The second-order valence-electron chi connectivity index (χ2n) is 1.28. The van der Waals surface area contributed by atoms with Gasteiger partial charge in [0.15, 0.2) is 5.69 Å². The van der Waals surface area contributed by atoms with Gasteiger partial charge in [-0.25, -0.2) is 9.89 Å². The molecule has 1 heterocycles. The smallest absolute Gasteiger partial charge is 0.244 e. The van der Waals surface area contributed by atoms with Gasteiger partial charge in [0, 0.05) is 0 Å². The predicted octanol–water partition coefficient (Wildman–Crippen LogP) is -0.963. The molecule has 0 atom stereocenters. The highest BCUT2D eigenvalue weighted by atomic mass is 16.1. The Kier molecular flexibility index (Phi) is 1.24. The lowest BCUT2D eigenvalue weighted by atomic mass is 10.5. The molecule has 5 heteroatoms. The first-order valence-electron chi connectivity index (χ1n) is 2.15. The molecule has 0 fully saturated rings. The predicted molar refractivity (Wildman–Crippen MR) is 27.4 cm³/mol. The van der Waals surface area contributed by atoms with Crippen LogP contribution in [0.3, 0.4) is 0 Å². The number of aromatic amines is 1. The molecule has 0 amide bonds. The molecule has 0 aliphatic carbocycles. The largest absolute Gasteiger partial charge is 0.361 e. The van der Waals surface area contributed by atoms with E-state index in [-0.39, 0.29) is 5.69 Å². The summed E-state index contributed by atoms with van der Waals surface area (Å²) in [6.07, 6.45) is 1.11. The molecular formula is C4H2N4O. The van der Waals surface area contributed by atoms with Crippen molar-refractivity contribution < 1.29 is 0 Å². The molecule has 0 spiro atoms. The van der Waals surface area contributed by atoms with Crippen LogP contribution in [0.15, 0.2) is 11.0 Å². The Labute approximate surface area is 50.0 Å². The van der Waals surface area contributed by atoms with Gasteiger partial charge in [-0.2, -0.15) is 15.3 Å². The molecule has 0 saturated carbocycles. The van der Waals surface area contributed by atoms with Crippen LogP contribution in [0.1, 0.15) is 5.69 Å². The molecule has 1 N–H and O–H groups in total. The zero-order valence-corrected chi connectivity index (χ0v) is 4.33. The minimum absolute atomic E-state index is 0.106. The highest BCUT2D eigenvalue weighted by molar-refractivity contribution is 5.11. The molecule has 0 unspecified atom stereocenters. The molecule has 0 aromatic carbocycles. The first kappa shape index (κ1) is 5.44. The molecule has 0 radical (unpaired) electrons. The van der Waals surface area contributed by atoms with Crippen LogP contribution in [0.2, 0.25) is 0 Å². The van der Waals surface area contributed by atoms with Crippen molar-refractivity contribution in [2.45, 2.75) is 0 Å². The third-order valence-corrected chi connectivity index (χ3v) is 0.691. The van der Waals surface area contributed by atoms with E-state index in [0.29, 0.717) is 0 Å². The number of H-pyrrole nitrogens is 1. The van der Waals surface area contributed by atoms with Gasteiger partial charge in [-0.15, -0.1) is 0 Å². The zero-order valence-electron chi connectivity index (χ0n) is 4.33. The van der Waals surface area contributed by atoms with Crippen molar-refractivity contribution in [2.24, 2.45) is 0 Å². The van der Waals surface area contributed by atoms with Crippen molar-refractivity contribution in [3.05, 3.63) is 22.4 Å². The van der Waals surface area contributed by atoms with Gasteiger partial charge in [0.2, 0.25) is 0 Å². The lowest BCUT2D eigenvalue weighted by Crippen LogP contribution is -2.11. The molecular weight excluding hydrogens is 120 g/mol. The van der Waals surface area contributed by atoms with E-state index in [1.807, 2.05) is 5.10 Å². The number of nitrogens with one attached hydrogen (secondary N) is 1. The number of nitrogens with zero attached hydrogens (tertiary/aromatic N) is 3. The Hall–Kier alpha value is -1.70. The maximum Gasteiger partial charge on any atom is 0.361 e. The molecule has 9 heavy (non-hydrogen) atoms. The molecule has 1 rings (SSSR count). The molecule has 44 valence electrons. The molecule has 1 aromatic rings. The van der Waals surface area contributed by atoms with Crippen LogP contribution >= 0.6 is 0 Å². The van der Waals surface area contributed by atoms with E-state index in [1.165, 1.54) is 0 Å². The SMILES string of the molecule is N#Cc1cnc(=O)[nH]n1. The molecule has 0 aliphatic heterocycles. The van der Waals surface area contributed by atoms with Crippen molar-refractivity contribution >= 4 is 0 Å². The lowest BCUT2D eigenvalue weighted by molar-refractivity contribution is 0.899. The molecule has 0 aliphatic rings. The standard InChI is InChI=1S/C4H2N4O/c5-1-3-2-6-4(9)8-7-3/h2H,(H,6,8,9). The molecule has 5 nitrogen and oxygen atoms in total. The summed E-state index contributed by atoms with van der Waals surface area (Å²) in [6.45, 7) is 0. The van der Waals surface area contributed by atoms with Gasteiger partial charge >= 0.3 is 5.69 Å². The summed E-state index contributed by atoms with van der Waals surface area (Å²) in [5, 5.41) is 13.5. The maximum absolute atomic E-state index is 10.2. The fourth-order valence-electron chi connectivity index (χ4n) is 0.339. The van der Waals surface area contributed by atoms with Gasteiger partial charge < -0.3 is 0 Å². The summed E-state index contributed by atoms with van der Waals surface area (Å²) in [7, 11) is 0. The van der Waals surface area contributed by atoms with E-state index in [0.717, 1.165) is 6.20 Å². The van der Waals surface area contributed by atoms with Crippen LogP contribution in [0.5, 0.6) is 0 Å². The molecule has 0 saturated heterocycles. The van der Waals surface area contributed by atoms with Crippen LogP contribution in [0, 0.1) is 11.3 Å². The summed E-state index contributed by atoms with van der Waals surface area (Å²) in [4.78, 5) is 13.5. The quantitative estimate of drug-likeness (QED) is 0.480. The Balaban J connectivity index is 3.21. The minimum Gasteiger partial charge on any atom is -0.244 e. The maximum atomic E-state index is 10.2. The number of rotatable bonds is 0. The first-order chi connectivity index (χ1) is 4.33. The second kappa shape index (κ2) is 2.05. The van der Waals surface area contributed by atoms with Gasteiger partial charge in [0.1, 0.15) is 6.07 Å². The van der Waals surface area contributed by atoms with Gasteiger partial charge in [0.05, 0.1) is 6.20 Å².